The van der Waals surface area contributed by atoms with E-state index in [0.29, 0.717) is 13.0 Å². The van der Waals surface area contributed by atoms with E-state index in [9.17, 15) is 4.79 Å². The average molecular weight is 237 g/mol. The van der Waals surface area contributed by atoms with Crippen LogP contribution in [-0.4, -0.2) is 26.7 Å². The summed E-state index contributed by atoms with van der Waals surface area (Å²) in [6.45, 7) is 4.56. The van der Waals surface area contributed by atoms with Crippen LogP contribution in [0.15, 0.2) is 12.1 Å². The molecule has 4 nitrogen and oxygen atoms in total. The molecule has 1 aromatic carbocycles. The van der Waals surface area contributed by atoms with Crippen molar-refractivity contribution in [2.75, 3.05) is 26.1 Å². The molecule has 0 heterocycles. The number of nitrogens with one attached hydrogen (secondary N) is 1. The van der Waals surface area contributed by atoms with Crippen LogP contribution in [-0.2, 0) is 9.53 Å². The molecule has 0 amide bonds. The molecule has 0 saturated carbocycles. The third kappa shape index (κ3) is 3.66. The van der Waals surface area contributed by atoms with Gasteiger partial charge < -0.3 is 14.8 Å². The highest BCUT2D eigenvalue weighted by molar-refractivity contribution is 5.70. The summed E-state index contributed by atoms with van der Waals surface area (Å²) >= 11 is 0. The van der Waals surface area contributed by atoms with Gasteiger partial charge in [0.1, 0.15) is 5.75 Å². The minimum Gasteiger partial charge on any atom is -0.496 e. The highest BCUT2D eigenvalue weighted by Gasteiger charge is 2.05. The van der Waals surface area contributed by atoms with E-state index in [0.717, 1.165) is 22.6 Å². The Labute approximate surface area is 102 Å². The standard InChI is InChI=1S/C13H19NO3/c1-9-8-12(16-3)10(2)7-11(9)14-6-5-13(15)17-4/h7-8,14H,5-6H2,1-4H3. The number of carbonyl (C=O) groups excluding carboxylic acids is 1. The first-order valence-corrected chi connectivity index (χ1v) is 5.54. The summed E-state index contributed by atoms with van der Waals surface area (Å²) in [5.74, 6) is 0.668. The van der Waals surface area contributed by atoms with Crippen LogP contribution in [0.1, 0.15) is 17.5 Å². The van der Waals surface area contributed by atoms with Gasteiger partial charge in [-0.25, -0.2) is 0 Å². The Hall–Kier alpha value is -1.71. The molecule has 0 radical (unpaired) electrons. The second-order valence-electron chi connectivity index (χ2n) is 3.89. The van der Waals surface area contributed by atoms with Crippen molar-refractivity contribution in [1.29, 1.82) is 0 Å². The number of ether oxygens (including phenoxy) is 2. The van der Waals surface area contributed by atoms with Crippen LogP contribution in [0.3, 0.4) is 0 Å². The highest BCUT2D eigenvalue weighted by Crippen LogP contribution is 2.25. The topological polar surface area (TPSA) is 47.6 Å². The number of hydrogen-bond acceptors (Lipinski definition) is 4. The van der Waals surface area contributed by atoms with Crippen LogP contribution in [0.2, 0.25) is 0 Å². The van der Waals surface area contributed by atoms with Crippen LogP contribution < -0.4 is 10.1 Å². The molecule has 1 rings (SSSR count). The SMILES string of the molecule is COC(=O)CCNc1cc(C)c(OC)cc1C. The lowest BCUT2D eigenvalue weighted by Crippen LogP contribution is -2.10. The summed E-state index contributed by atoms with van der Waals surface area (Å²) < 4.78 is 9.82. The number of carbonyl (C=O) groups is 1. The van der Waals surface area contributed by atoms with Crippen molar-refractivity contribution < 1.29 is 14.3 Å². The van der Waals surface area contributed by atoms with Crippen LogP contribution in [0.25, 0.3) is 0 Å². The molecular formula is C13H19NO3. The first-order valence-electron chi connectivity index (χ1n) is 5.54. The number of methoxy groups -OCH3 is 2. The monoisotopic (exact) mass is 237 g/mol. The average Bonchev–Trinajstić information content (AvgIpc) is 2.32. The van der Waals surface area contributed by atoms with Gasteiger partial charge in [-0.05, 0) is 37.1 Å². The Bertz CT molecular complexity index is 402. The van der Waals surface area contributed by atoms with Gasteiger partial charge in [0, 0.05) is 12.2 Å². The summed E-state index contributed by atoms with van der Waals surface area (Å²) in [4.78, 5) is 11.0. The van der Waals surface area contributed by atoms with Crippen LogP contribution in [0.4, 0.5) is 5.69 Å². The second kappa shape index (κ2) is 6.13. The molecule has 4 heteroatoms. The molecule has 0 aliphatic carbocycles. The Morgan fingerprint density at radius 2 is 1.94 bits per heavy atom. The molecule has 0 bridgehead atoms. The number of aryl methyl sites for hydroxylation is 2. The maximum atomic E-state index is 11.0. The first kappa shape index (κ1) is 13.4. The Morgan fingerprint density at radius 1 is 1.24 bits per heavy atom. The number of rotatable bonds is 5. The van der Waals surface area contributed by atoms with Crippen molar-refractivity contribution in [2.45, 2.75) is 20.3 Å². The molecule has 0 saturated heterocycles. The number of esters is 1. The van der Waals surface area contributed by atoms with Crippen molar-refractivity contribution >= 4 is 11.7 Å². The van der Waals surface area contributed by atoms with Gasteiger partial charge >= 0.3 is 5.97 Å². The van der Waals surface area contributed by atoms with E-state index in [2.05, 4.69) is 10.1 Å². The van der Waals surface area contributed by atoms with Gasteiger partial charge in [-0.1, -0.05) is 0 Å². The molecular weight excluding hydrogens is 218 g/mol. The number of benzene rings is 1. The lowest BCUT2D eigenvalue weighted by Gasteiger charge is -2.12. The van der Waals surface area contributed by atoms with Gasteiger partial charge in [0.25, 0.3) is 0 Å². The third-order valence-electron chi connectivity index (χ3n) is 2.61. The molecule has 0 atom stereocenters. The Balaban J connectivity index is 2.65. The minimum atomic E-state index is -0.208. The van der Waals surface area contributed by atoms with Gasteiger partial charge in [-0.15, -0.1) is 0 Å². The van der Waals surface area contributed by atoms with Crippen molar-refractivity contribution in [2.24, 2.45) is 0 Å². The molecule has 1 N–H and O–H groups in total. The largest absolute Gasteiger partial charge is 0.496 e. The lowest BCUT2D eigenvalue weighted by molar-refractivity contribution is -0.140. The molecule has 17 heavy (non-hydrogen) atoms. The van der Waals surface area contributed by atoms with E-state index in [1.54, 1.807) is 7.11 Å². The van der Waals surface area contributed by atoms with Crippen LogP contribution in [0.5, 0.6) is 5.75 Å². The Morgan fingerprint density at radius 3 is 2.53 bits per heavy atom. The smallest absolute Gasteiger partial charge is 0.307 e. The third-order valence-corrected chi connectivity index (χ3v) is 2.61. The summed E-state index contributed by atoms with van der Waals surface area (Å²) in [6.07, 6.45) is 0.362. The molecule has 1 aromatic rings. The summed E-state index contributed by atoms with van der Waals surface area (Å²) in [5.41, 5.74) is 3.18. The van der Waals surface area contributed by atoms with Crippen molar-refractivity contribution in [3.05, 3.63) is 23.3 Å². The minimum absolute atomic E-state index is 0.208. The predicted octanol–water partition coefficient (Wildman–Crippen LogP) is 2.29. The van der Waals surface area contributed by atoms with E-state index in [-0.39, 0.29) is 5.97 Å². The van der Waals surface area contributed by atoms with E-state index in [1.165, 1.54) is 7.11 Å². The number of hydrogen-bond donors (Lipinski definition) is 1. The molecule has 0 aliphatic heterocycles. The summed E-state index contributed by atoms with van der Waals surface area (Å²) in [5, 5.41) is 3.21. The normalized spacial score (nSPS) is 9.88. The van der Waals surface area contributed by atoms with Gasteiger partial charge in [0.05, 0.1) is 20.6 Å². The summed E-state index contributed by atoms with van der Waals surface area (Å²) in [6, 6.07) is 4.00. The van der Waals surface area contributed by atoms with Crippen molar-refractivity contribution in [3.63, 3.8) is 0 Å². The number of anilines is 1. The van der Waals surface area contributed by atoms with E-state index in [1.807, 2.05) is 26.0 Å². The fourth-order valence-electron chi connectivity index (χ4n) is 1.60. The highest BCUT2D eigenvalue weighted by atomic mass is 16.5. The van der Waals surface area contributed by atoms with Crippen molar-refractivity contribution in [1.82, 2.24) is 0 Å². The molecule has 0 spiro atoms. The van der Waals surface area contributed by atoms with E-state index < -0.39 is 0 Å². The molecule has 0 aromatic heterocycles. The lowest BCUT2D eigenvalue weighted by atomic mass is 10.1. The van der Waals surface area contributed by atoms with Crippen LogP contribution >= 0.6 is 0 Å². The fourth-order valence-corrected chi connectivity index (χ4v) is 1.60. The van der Waals surface area contributed by atoms with Gasteiger partial charge in [0.2, 0.25) is 0 Å². The first-order chi connectivity index (χ1) is 8.08. The van der Waals surface area contributed by atoms with Gasteiger partial charge in [0.15, 0.2) is 0 Å². The summed E-state index contributed by atoms with van der Waals surface area (Å²) in [7, 11) is 3.05. The molecule has 0 aliphatic rings. The second-order valence-corrected chi connectivity index (χ2v) is 3.89. The quantitative estimate of drug-likeness (QED) is 0.798. The molecule has 0 unspecified atom stereocenters. The Kier molecular flexibility index (Phi) is 4.82. The van der Waals surface area contributed by atoms with Crippen LogP contribution in [0, 0.1) is 13.8 Å². The molecule has 94 valence electrons. The van der Waals surface area contributed by atoms with Gasteiger partial charge in [-0.2, -0.15) is 0 Å². The zero-order valence-electron chi connectivity index (χ0n) is 10.8. The van der Waals surface area contributed by atoms with Crippen molar-refractivity contribution in [3.8, 4) is 5.75 Å². The van der Waals surface area contributed by atoms with E-state index >= 15 is 0 Å². The van der Waals surface area contributed by atoms with Gasteiger partial charge in [-0.3, -0.25) is 4.79 Å². The predicted molar refractivity (Wildman–Crippen MR) is 67.6 cm³/mol. The zero-order valence-corrected chi connectivity index (χ0v) is 10.8. The zero-order chi connectivity index (χ0) is 12.8. The maximum absolute atomic E-state index is 11.0. The maximum Gasteiger partial charge on any atom is 0.307 e. The van der Waals surface area contributed by atoms with E-state index in [4.69, 9.17) is 4.74 Å². The fraction of sp³-hybridized carbons (Fsp3) is 0.462. The molecule has 0 fully saturated rings.